The molecule has 86 valence electrons. The van der Waals surface area contributed by atoms with Crippen molar-refractivity contribution < 1.29 is 10.0 Å². The standard InChI is InChI=1S/C12H18BNO2/c1-11(2)7-12(3,4)9-6-14-10(13(15)16)5-8(9)11/h5-6,15-16H,7H2,1-4H3. The van der Waals surface area contributed by atoms with E-state index in [1.54, 1.807) is 6.20 Å². The van der Waals surface area contributed by atoms with Gasteiger partial charge in [-0.3, -0.25) is 4.98 Å². The summed E-state index contributed by atoms with van der Waals surface area (Å²) in [5, 5.41) is 18.3. The maximum Gasteiger partial charge on any atom is 0.508 e. The minimum Gasteiger partial charge on any atom is -0.422 e. The maximum absolute atomic E-state index is 9.15. The molecule has 0 saturated carbocycles. The van der Waals surface area contributed by atoms with E-state index in [1.165, 1.54) is 11.1 Å². The third kappa shape index (κ3) is 1.66. The number of rotatable bonds is 1. The number of hydrogen-bond acceptors (Lipinski definition) is 3. The summed E-state index contributed by atoms with van der Waals surface area (Å²) in [5.74, 6) is 0. The van der Waals surface area contributed by atoms with Gasteiger partial charge in [0.25, 0.3) is 0 Å². The summed E-state index contributed by atoms with van der Waals surface area (Å²) in [6.45, 7) is 8.79. The van der Waals surface area contributed by atoms with Gasteiger partial charge in [0.1, 0.15) is 0 Å². The summed E-state index contributed by atoms with van der Waals surface area (Å²) in [6.07, 6.45) is 2.85. The highest BCUT2D eigenvalue weighted by Crippen LogP contribution is 2.48. The van der Waals surface area contributed by atoms with Crippen LogP contribution < -0.4 is 5.59 Å². The molecule has 0 atom stereocenters. The number of nitrogens with zero attached hydrogens (tertiary/aromatic N) is 1. The molecule has 2 N–H and O–H groups in total. The van der Waals surface area contributed by atoms with Gasteiger partial charge in [0.2, 0.25) is 0 Å². The van der Waals surface area contributed by atoms with Crippen molar-refractivity contribution in [2.75, 3.05) is 0 Å². The normalized spacial score (nSPS) is 20.6. The van der Waals surface area contributed by atoms with E-state index < -0.39 is 7.12 Å². The molecule has 0 bridgehead atoms. The Morgan fingerprint density at radius 2 is 1.69 bits per heavy atom. The first-order chi connectivity index (χ1) is 7.24. The second-order valence-electron chi connectivity index (χ2n) is 5.97. The fourth-order valence-electron chi connectivity index (χ4n) is 3.01. The first-order valence-corrected chi connectivity index (χ1v) is 5.61. The third-order valence-corrected chi connectivity index (χ3v) is 3.53. The molecule has 0 spiro atoms. The van der Waals surface area contributed by atoms with Gasteiger partial charge in [-0.05, 0) is 34.4 Å². The zero-order valence-corrected chi connectivity index (χ0v) is 10.3. The van der Waals surface area contributed by atoms with Crippen molar-refractivity contribution in [3.8, 4) is 0 Å². The topological polar surface area (TPSA) is 53.4 Å². The van der Waals surface area contributed by atoms with Crippen LogP contribution in [0.5, 0.6) is 0 Å². The highest BCUT2D eigenvalue weighted by Gasteiger charge is 2.42. The molecule has 0 aromatic carbocycles. The minimum absolute atomic E-state index is 0.0748. The predicted molar refractivity (Wildman–Crippen MR) is 64.7 cm³/mol. The van der Waals surface area contributed by atoms with Crippen LogP contribution in [0.15, 0.2) is 12.3 Å². The lowest BCUT2D eigenvalue weighted by Gasteiger charge is -2.22. The third-order valence-electron chi connectivity index (χ3n) is 3.53. The van der Waals surface area contributed by atoms with Crippen molar-refractivity contribution in [3.05, 3.63) is 23.4 Å². The molecule has 0 aliphatic heterocycles. The fourth-order valence-corrected chi connectivity index (χ4v) is 3.01. The fraction of sp³-hybridized carbons (Fsp3) is 0.583. The predicted octanol–water partition coefficient (Wildman–Crippen LogP) is 0.720. The molecule has 0 radical (unpaired) electrons. The van der Waals surface area contributed by atoms with Crippen LogP contribution in [0.25, 0.3) is 0 Å². The van der Waals surface area contributed by atoms with Crippen LogP contribution in [0.2, 0.25) is 0 Å². The van der Waals surface area contributed by atoms with E-state index >= 15 is 0 Å². The van der Waals surface area contributed by atoms with Crippen molar-refractivity contribution in [1.82, 2.24) is 4.98 Å². The van der Waals surface area contributed by atoms with Gasteiger partial charge in [-0.1, -0.05) is 27.7 Å². The molecular formula is C12H18BNO2. The molecule has 1 heterocycles. The van der Waals surface area contributed by atoms with E-state index in [2.05, 4.69) is 32.7 Å². The first-order valence-electron chi connectivity index (χ1n) is 5.61. The van der Waals surface area contributed by atoms with Crippen LogP contribution in [-0.2, 0) is 10.8 Å². The van der Waals surface area contributed by atoms with Crippen molar-refractivity contribution in [3.63, 3.8) is 0 Å². The molecule has 1 aromatic heterocycles. The minimum atomic E-state index is -1.48. The molecule has 0 fully saturated rings. The molecule has 0 saturated heterocycles. The Bertz CT molecular complexity index is 427. The van der Waals surface area contributed by atoms with Crippen molar-refractivity contribution in [1.29, 1.82) is 0 Å². The first kappa shape index (κ1) is 11.6. The molecule has 1 aliphatic rings. The Hall–Kier alpha value is -0.865. The van der Waals surface area contributed by atoms with E-state index in [1.807, 2.05) is 6.07 Å². The van der Waals surface area contributed by atoms with E-state index in [0.29, 0.717) is 5.59 Å². The van der Waals surface area contributed by atoms with Crippen molar-refractivity contribution in [2.45, 2.75) is 44.9 Å². The summed E-state index contributed by atoms with van der Waals surface area (Å²) < 4.78 is 0. The van der Waals surface area contributed by atoms with Crippen LogP contribution in [0.4, 0.5) is 0 Å². The lowest BCUT2D eigenvalue weighted by molar-refractivity contribution is 0.403. The Morgan fingerprint density at radius 1 is 1.12 bits per heavy atom. The monoisotopic (exact) mass is 219 g/mol. The molecule has 0 amide bonds. The van der Waals surface area contributed by atoms with E-state index in [-0.39, 0.29) is 10.8 Å². The van der Waals surface area contributed by atoms with Gasteiger partial charge in [-0.25, -0.2) is 0 Å². The summed E-state index contributed by atoms with van der Waals surface area (Å²) in [5.41, 5.74) is 2.94. The molecule has 16 heavy (non-hydrogen) atoms. The van der Waals surface area contributed by atoms with E-state index in [4.69, 9.17) is 10.0 Å². The van der Waals surface area contributed by atoms with Gasteiger partial charge < -0.3 is 10.0 Å². The Kier molecular flexibility index (Phi) is 2.40. The molecule has 2 rings (SSSR count). The van der Waals surface area contributed by atoms with Gasteiger partial charge >= 0.3 is 7.12 Å². The second-order valence-corrected chi connectivity index (χ2v) is 5.97. The average molecular weight is 219 g/mol. The molecule has 3 nitrogen and oxygen atoms in total. The van der Waals surface area contributed by atoms with Crippen LogP contribution in [0.3, 0.4) is 0 Å². The largest absolute Gasteiger partial charge is 0.508 e. The van der Waals surface area contributed by atoms with Gasteiger partial charge in [-0.2, -0.15) is 0 Å². The second kappa shape index (κ2) is 3.31. The zero-order chi connectivity index (χ0) is 12.1. The summed E-state index contributed by atoms with van der Waals surface area (Å²) >= 11 is 0. The summed E-state index contributed by atoms with van der Waals surface area (Å²) in [6, 6.07) is 1.83. The van der Waals surface area contributed by atoms with Crippen molar-refractivity contribution in [2.24, 2.45) is 0 Å². The summed E-state index contributed by atoms with van der Waals surface area (Å²) in [7, 11) is -1.48. The lowest BCUT2D eigenvalue weighted by Crippen LogP contribution is -2.34. The van der Waals surface area contributed by atoms with Gasteiger partial charge in [-0.15, -0.1) is 0 Å². The molecule has 4 heteroatoms. The van der Waals surface area contributed by atoms with Crippen LogP contribution >= 0.6 is 0 Å². The molecule has 1 aromatic rings. The summed E-state index contributed by atoms with van der Waals surface area (Å²) in [4.78, 5) is 4.11. The number of hydrogen-bond donors (Lipinski definition) is 2. The Labute approximate surface area is 96.7 Å². The highest BCUT2D eigenvalue weighted by atomic mass is 16.4. The maximum atomic E-state index is 9.15. The SMILES string of the molecule is CC1(C)CC(C)(C)c2cc(B(O)O)ncc21. The lowest BCUT2D eigenvalue weighted by atomic mass is 9.80. The average Bonchev–Trinajstić information content (AvgIpc) is 2.32. The number of pyridine rings is 1. The Morgan fingerprint density at radius 3 is 2.25 bits per heavy atom. The van der Waals surface area contributed by atoms with Gasteiger partial charge in [0.15, 0.2) is 0 Å². The smallest absolute Gasteiger partial charge is 0.422 e. The zero-order valence-electron chi connectivity index (χ0n) is 10.3. The number of fused-ring (bicyclic) bond motifs is 1. The Balaban J connectivity index is 2.59. The van der Waals surface area contributed by atoms with Gasteiger partial charge in [0, 0.05) is 6.20 Å². The molecular weight excluding hydrogens is 201 g/mol. The van der Waals surface area contributed by atoms with E-state index in [9.17, 15) is 0 Å². The van der Waals surface area contributed by atoms with Gasteiger partial charge in [0.05, 0.1) is 5.59 Å². The van der Waals surface area contributed by atoms with Crippen LogP contribution in [0, 0.1) is 0 Å². The highest BCUT2D eigenvalue weighted by molar-refractivity contribution is 6.57. The van der Waals surface area contributed by atoms with E-state index in [0.717, 1.165) is 6.42 Å². The van der Waals surface area contributed by atoms with Crippen LogP contribution in [0.1, 0.15) is 45.2 Å². The quantitative estimate of drug-likeness (QED) is 0.684. The van der Waals surface area contributed by atoms with Crippen LogP contribution in [-0.4, -0.2) is 22.2 Å². The molecule has 1 aliphatic carbocycles. The van der Waals surface area contributed by atoms with Crippen molar-refractivity contribution >= 4 is 12.7 Å². The molecule has 0 unspecified atom stereocenters. The number of aromatic nitrogens is 1.